The van der Waals surface area contributed by atoms with Crippen molar-refractivity contribution < 1.29 is 4.79 Å². The highest BCUT2D eigenvalue weighted by Gasteiger charge is 2.30. The summed E-state index contributed by atoms with van der Waals surface area (Å²) >= 11 is 3.61. The van der Waals surface area contributed by atoms with Gasteiger partial charge in [0.1, 0.15) is 5.82 Å². The highest BCUT2D eigenvalue weighted by atomic mass is 79.9. The second-order valence-electron chi connectivity index (χ2n) is 9.06. The standard InChI is InChI=1S/C24H30BrN7O/c1-17(33)30-11-6-20(7-12-30)31-9-4-19(5-10-31)22-13-23(27-15-18-3-2-8-26-14-18)32-24(29-22)21(25)16-28-32/h2-3,8,13-14,16,19-20,27H,4-7,9-12,15H2,1H3. The minimum atomic E-state index is 0.201. The number of hydrogen-bond acceptors (Lipinski definition) is 6. The lowest BCUT2D eigenvalue weighted by Crippen LogP contribution is -2.48. The summed E-state index contributed by atoms with van der Waals surface area (Å²) in [7, 11) is 0. The van der Waals surface area contributed by atoms with Gasteiger partial charge in [-0.05, 0) is 66.3 Å². The van der Waals surface area contributed by atoms with Crippen molar-refractivity contribution in [2.24, 2.45) is 0 Å². The first-order valence-electron chi connectivity index (χ1n) is 11.7. The number of hydrogen-bond donors (Lipinski definition) is 1. The Hall–Kier alpha value is -2.52. The Kier molecular flexibility index (Phi) is 6.59. The van der Waals surface area contributed by atoms with Gasteiger partial charge in [-0.2, -0.15) is 9.61 Å². The smallest absolute Gasteiger partial charge is 0.219 e. The van der Waals surface area contributed by atoms with Crippen molar-refractivity contribution in [1.29, 1.82) is 0 Å². The molecule has 0 saturated carbocycles. The molecule has 2 aliphatic heterocycles. The molecule has 1 N–H and O–H groups in total. The topological polar surface area (TPSA) is 78.7 Å². The van der Waals surface area contributed by atoms with E-state index in [1.807, 2.05) is 21.7 Å². The van der Waals surface area contributed by atoms with Gasteiger partial charge in [0.05, 0.1) is 10.7 Å². The number of amides is 1. The van der Waals surface area contributed by atoms with Crippen LogP contribution in [0, 0.1) is 0 Å². The molecule has 2 saturated heterocycles. The molecule has 174 valence electrons. The molecule has 0 unspecified atom stereocenters. The summed E-state index contributed by atoms with van der Waals surface area (Å²) in [6, 6.07) is 6.77. The molecular weight excluding hydrogens is 482 g/mol. The summed E-state index contributed by atoms with van der Waals surface area (Å²) in [6.07, 6.45) is 9.84. The Morgan fingerprint density at radius 1 is 1.15 bits per heavy atom. The molecule has 5 heterocycles. The first-order chi connectivity index (χ1) is 16.1. The highest BCUT2D eigenvalue weighted by Crippen LogP contribution is 2.32. The minimum absolute atomic E-state index is 0.201. The number of likely N-dealkylation sites (tertiary alicyclic amines) is 2. The van der Waals surface area contributed by atoms with E-state index in [1.54, 1.807) is 19.3 Å². The fourth-order valence-corrected chi connectivity index (χ4v) is 5.44. The number of piperidine rings is 2. The average molecular weight is 512 g/mol. The third kappa shape index (κ3) is 4.89. The van der Waals surface area contributed by atoms with Gasteiger partial charge in [-0.15, -0.1) is 0 Å². The maximum absolute atomic E-state index is 11.6. The van der Waals surface area contributed by atoms with E-state index in [0.29, 0.717) is 18.5 Å². The second-order valence-corrected chi connectivity index (χ2v) is 9.91. The molecule has 1 amide bonds. The lowest BCUT2D eigenvalue weighted by molar-refractivity contribution is -0.130. The largest absolute Gasteiger partial charge is 0.366 e. The fourth-order valence-electron chi connectivity index (χ4n) is 5.09. The van der Waals surface area contributed by atoms with Gasteiger partial charge >= 0.3 is 0 Å². The molecule has 0 atom stereocenters. The molecule has 0 radical (unpaired) electrons. The lowest BCUT2D eigenvalue weighted by Gasteiger charge is -2.41. The number of aromatic nitrogens is 4. The van der Waals surface area contributed by atoms with Crippen molar-refractivity contribution >= 4 is 33.3 Å². The monoisotopic (exact) mass is 511 g/mol. The molecule has 3 aromatic rings. The van der Waals surface area contributed by atoms with Gasteiger partial charge in [0.25, 0.3) is 0 Å². The number of pyridine rings is 1. The van der Waals surface area contributed by atoms with Crippen molar-refractivity contribution in [1.82, 2.24) is 29.4 Å². The lowest BCUT2D eigenvalue weighted by atomic mass is 9.91. The highest BCUT2D eigenvalue weighted by molar-refractivity contribution is 9.10. The number of carbonyl (C=O) groups is 1. The van der Waals surface area contributed by atoms with E-state index in [9.17, 15) is 4.79 Å². The molecule has 2 aliphatic rings. The molecule has 2 fully saturated rings. The molecule has 0 aromatic carbocycles. The number of fused-ring (bicyclic) bond motifs is 1. The summed E-state index contributed by atoms with van der Waals surface area (Å²) in [5, 5.41) is 8.03. The van der Waals surface area contributed by atoms with Crippen molar-refractivity contribution in [2.75, 3.05) is 31.5 Å². The molecule has 8 nitrogen and oxygen atoms in total. The van der Waals surface area contributed by atoms with Crippen LogP contribution in [-0.2, 0) is 11.3 Å². The molecule has 0 bridgehead atoms. The Bertz CT molecular complexity index is 1100. The van der Waals surface area contributed by atoms with Crippen LogP contribution in [0.3, 0.4) is 0 Å². The van der Waals surface area contributed by atoms with E-state index in [2.05, 4.69) is 48.4 Å². The Balaban J connectivity index is 1.27. The predicted octanol–water partition coefficient (Wildman–Crippen LogP) is 3.69. The number of halogens is 1. The van der Waals surface area contributed by atoms with Crippen LogP contribution >= 0.6 is 15.9 Å². The molecule has 5 rings (SSSR count). The maximum atomic E-state index is 11.6. The Labute approximate surface area is 202 Å². The number of rotatable bonds is 5. The van der Waals surface area contributed by atoms with Crippen LogP contribution in [0.5, 0.6) is 0 Å². The molecule has 0 spiro atoms. The minimum Gasteiger partial charge on any atom is -0.366 e. The Morgan fingerprint density at radius 2 is 1.94 bits per heavy atom. The van der Waals surface area contributed by atoms with Gasteiger partial charge in [0.2, 0.25) is 5.91 Å². The van der Waals surface area contributed by atoms with E-state index >= 15 is 0 Å². The third-order valence-corrected chi connectivity index (χ3v) is 7.58. The van der Waals surface area contributed by atoms with Gasteiger partial charge in [-0.25, -0.2) is 4.98 Å². The van der Waals surface area contributed by atoms with Crippen molar-refractivity contribution in [3.63, 3.8) is 0 Å². The number of nitrogens with one attached hydrogen (secondary N) is 1. The third-order valence-electron chi connectivity index (χ3n) is 7.02. The van der Waals surface area contributed by atoms with Gasteiger partial charge in [-0.3, -0.25) is 9.78 Å². The SMILES string of the molecule is CC(=O)N1CCC(N2CCC(c3cc(NCc4cccnc4)n4ncc(Br)c4n3)CC2)CC1. The average Bonchev–Trinajstić information content (AvgIpc) is 3.24. The van der Waals surface area contributed by atoms with E-state index in [4.69, 9.17) is 4.98 Å². The van der Waals surface area contributed by atoms with Crippen LogP contribution in [0.1, 0.15) is 49.8 Å². The zero-order valence-electron chi connectivity index (χ0n) is 19.0. The van der Waals surface area contributed by atoms with Crippen molar-refractivity contribution in [3.8, 4) is 0 Å². The normalized spacial score (nSPS) is 18.7. The first kappa shape index (κ1) is 22.3. The van der Waals surface area contributed by atoms with Gasteiger partial charge < -0.3 is 15.1 Å². The van der Waals surface area contributed by atoms with Crippen LogP contribution in [-0.4, -0.2) is 67.5 Å². The van der Waals surface area contributed by atoms with Crippen LogP contribution in [0.25, 0.3) is 5.65 Å². The van der Waals surface area contributed by atoms with Crippen LogP contribution in [0.15, 0.2) is 41.3 Å². The number of anilines is 1. The van der Waals surface area contributed by atoms with Crippen LogP contribution in [0.2, 0.25) is 0 Å². The summed E-state index contributed by atoms with van der Waals surface area (Å²) in [5.74, 6) is 1.58. The van der Waals surface area contributed by atoms with Crippen LogP contribution < -0.4 is 5.32 Å². The predicted molar refractivity (Wildman–Crippen MR) is 131 cm³/mol. The number of nitrogens with zero attached hydrogens (tertiary/aromatic N) is 6. The summed E-state index contributed by atoms with van der Waals surface area (Å²) in [4.78, 5) is 25.4. The van der Waals surface area contributed by atoms with E-state index in [1.165, 1.54) is 0 Å². The summed E-state index contributed by atoms with van der Waals surface area (Å²) < 4.78 is 2.77. The molecular formula is C24H30BrN7O. The van der Waals surface area contributed by atoms with Crippen molar-refractivity contribution in [2.45, 2.75) is 51.1 Å². The summed E-state index contributed by atoms with van der Waals surface area (Å²) in [6.45, 7) is 6.30. The molecule has 33 heavy (non-hydrogen) atoms. The fraction of sp³-hybridized carbons (Fsp3) is 0.500. The Morgan fingerprint density at radius 3 is 2.64 bits per heavy atom. The number of carbonyl (C=O) groups excluding carboxylic acids is 1. The van der Waals surface area contributed by atoms with Gasteiger partial charge in [0, 0.05) is 62.7 Å². The van der Waals surface area contributed by atoms with E-state index in [-0.39, 0.29) is 5.91 Å². The van der Waals surface area contributed by atoms with Gasteiger partial charge in [-0.1, -0.05) is 6.07 Å². The summed E-state index contributed by atoms with van der Waals surface area (Å²) in [5.41, 5.74) is 3.10. The van der Waals surface area contributed by atoms with Crippen molar-refractivity contribution in [3.05, 3.63) is 52.5 Å². The van der Waals surface area contributed by atoms with Crippen LogP contribution in [0.4, 0.5) is 5.82 Å². The molecule has 9 heteroatoms. The zero-order chi connectivity index (χ0) is 22.8. The second kappa shape index (κ2) is 9.77. The van der Waals surface area contributed by atoms with E-state index < -0.39 is 0 Å². The molecule has 3 aromatic heterocycles. The molecule has 0 aliphatic carbocycles. The zero-order valence-corrected chi connectivity index (χ0v) is 20.5. The first-order valence-corrected chi connectivity index (χ1v) is 12.5. The van der Waals surface area contributed by atoms with E-state index in [0.717, 1.165) is 79.1 Å². The maximum Gasteiger partial charge on any atom is 0.219 e. The van der Waals surface area contributed by atoms with Gasteiger partial charge in [0.15, 0.2) is 5.65 Å². The quantitative estimate of drug-likeness (QED) is 0.562.